The van der Waals surface area contributed by atoms with Gasteiger partial charge < -0.3 is 5.32 Å². The van der Waals surface area contributed by atoms with E-state index in [0.29, 0.717) is 0 Å². The van der Waals surface area contributed by atoms with Crippen molar-refractivity contribution in [1.29, 1.82) is 0 Å². The highest BCUT2D eigenvalue weighted by Crippen LogP contribution is 2.36. The quantitative estimate of drug-likeness (QED) is 0.892. The molecule has 1 saturated heterocycles. The molecule has 0 bridgehead atoms. The molecular formula is C13H21N3S. The number of nitrogens with one attached hydrogen (secondary N) is 1. The molecule has 2 aliphatic rings. The third-order valence-electron chi connectivity index (χ3n) is 4.09. The Labute approximate surface area is 107 Å². The average molecular weight is 251 g/mol. The molecule has 1 aromatic heterocycles. The minimum Gasteiger partial charge on any atom is -0.311 e. The summed E-state index contributed by atoms with van der Waals surface area (Å²) in [5.41, 5.74) is 2.19. The lowest BCUT2D eigenvalue weighted by molar-refractivity contribution is 0.0542. The fourth-order valence-electron chi connectivity index (χ4n) is 2.64. The van der Waals surface area contributed by atoms with Gasteiger partial charge >= 0.3 is 0 Å². The van der Waals surface area contributed by atoms with Crippen LogP contribution in [0.4, 0.5) is 0 Å². The first-order valence-corrected chi connectivity index (χ1v) is 7.39. The lowest BCUT2D eigenvalue weighted by Crippen LogP contribution is -2.62. The van der Waals surface area contributed by atoms with Crippen LogP contribution in [-0.4, -0.2) is 34.6 Å². The zero-order valence-corrected chi connectivity index (χ0v) is 11.5. The number of piperazine rings is 1. The molecule has 3 rings (SSSR count). The second kappa shape index (κ2) is 4.34. The molecule has 1 saturated carbocycles. The van der Waals surface area contributed by atoms with Gasteiger partial charge in [-0.3, -0.25) is 9.88 Å². The summed E-state index contributed by atoms with van der Waals surface area (Å²) in [6.07, 6.45) is 4.86. The summed E-state index contributed by atoms with van der Waals surface area (Å²) in [7, 11) is 0. The molecule has 0 amide bonds. The van der Waals surface area contributed by atoms with E-state index in [1.165, 1.54) is 24.3 Å². The van der Waals surface area contributed by atoms with Crippen molar-refractivity contribution in [2.24, 2.45) is 5.92 Å². The molecule has 0 spiro atoms. The first-order valence-electron chi connectivity index (χ1n) is 6.51. The lowest BCUT2D eigenvalue weighted by Gasteiger charge is -2.46. The van der Waals surface area contributed by atoms with Crippen molar-refractivity contribution >= 4 is 11.3 Å². The van der Waals surface area contributed by atoms with E-state index in [9.17, 15) is 0 Å². The number of rotatable bonds is 3. The molecule has 3 nitrogen and oxygen atoms in total. The van der Waals surface area contributed by atoms with E-state index in [2.05, 4.69) is 29.0 Å². The molecule has 1 aromatic rings. The Morgan fingerprint density at radius 1 is 1.53 bits per heavy atom. The molecule has 0 aromatic carbocycles. The maximum absolute atomic E-state index is 4.18. The van der Waals surface area contributed by atoms with E-state index in [-0.39, 0.29) is 5.54 Å². The predicted molar refractivity (Wildman–Crippen MR) is 71.1 cm³/mol. The largest absolute Gasteiger partial charge is 0.311 e. The zero-order valence-electron chi connectivity index (χ0n) is 10.6. The van der Waals surface area contributed by atoms with Gasteiger partial charge in [0.25, 0.3) is 0 Å². The summed E-state index contributed by atoms with van der Waals surface area (Å²) in [6.45, 7) is 8.03. The third-order valence-corrected chi connectivity index (χ3v) is 4.86. The molecule has 2 heterocycles. The molecular weight excluding hydrogens is 230 g/mol. The molecule has 1 unspecified atom stereocenters. The van der Waals surface area contributed by atoms with Gasteiger partial charge in [-0.25, -0.2) is 0 Å². The van der Waals surface area contributed by atoms with Crippen LogP contribution < -0.4 is 5.32 Å². The van der Waals surface area contributed by atoms with Crippen molar-refractivity contribution in [3.8, 4) is 0 Å². The van der Waals surface area contributed by atoms with Crippen molar-refractivity contribution in [3.05, 3.63) is 16.6 Å². The first kappa shape index (κ1) is 11.6. The fraction of sp³-hybridized carbons (Fsp3) is 0.769. The molecule has 1 aliphatic heterocycles. The van der Waals surface area contributed by atoms with Crippen LogP contribution in [0.5, 0.6) is 0 Å². The molecule has 94 valence electrons. The van der Waals surface area contributed by atoms with Crippen molar-refractivity contribution in [2.45, 2.75) is 44.8 Å². The summed E-state index contributed by atoms with van der Waals surface area (Å²) in [6, 6.07) is 0.718. The molecule has 2 fully saturated rings. The van der Waals surface area contributed by atoms with Crippen LogP contribution in [0.15, 0.2) is 11.7 Å². The maximum atomic E-state index is 4.18. The minimum absolute atomic E-state index is 0.259. The molecule has 1 atom stereocenters. The number of hydrogen-bond acceptors (Lipinski definition) is 4. The van der Waals surface area contributed by atoms with Crippen LogP contribution in [0.3, 0.4) is 0 Å². The van der Waals surface area contributed by atoms with Gasteiger partial charge in [-0.05, 0) is 32.6 Å². The van der Waals surface area contributed by atoms with E-state index < -0.39 is 0 Å². The van der Waals surface area contributed by atoms with Crippen molar-refractivity contribution < 1.29 is 0 Å². The van der Waals surface area contributed by atoms with Gasteiger partial charge in [0.05, 0.1) is 5.51 Å². The molecule has 1 aliphatic carbocycles. The summed E-state index contributed by atoms with van der Waals surface area (Å²) in [5, 5.41) is 3.73. The third kappa shape index (κ3) is 2.54. The van der Waals surface area contributed by atoms with Gasteiger partial charge in [-0.2, -0.15) is 0 Å². The Morgan fingerprint density at radius 3 is 3.00 bits per heavy atom. The van der Waals surface area contributed by atoms with Crippen LogP contribution in [0, 0.1) is 5.92 Å². The van der Waals surface area contributed by atoms with Gasteiger partial charge in [-0.15, -0.1) is 11.3 Å². The van der Waals surface area contributed by atoms with Crippen LogP contribution in [0.2, 0.25) is 0 Å². The Hall–Kier alpha value is -0.450. The first-order chi connectivity index (χ1) is 8.15. The van der Waals surface area contributed by atoms with Gasteiger partial charge in [0.2, 0.25) is 0 Å². The van der Waals surface area contributed by atoms with Gasteiger partial charge in [-0.1, -0.05) is 0 Å². The zero-order chi connectivity index (χ0) is 11.9. The minimum atomic E-state index is 0.259. The Morgan fingerprint density at radius 2 is 2.35 bits per heavy atom. The molecule has 4 heteroatoms. The van der Waals surface area contributed by atoms with Crippen LogP contribution >= 0.6 is 11.3 Å². The summed E-state index contributed by atoms with van der Waals surface area (Å²) in [5.74, 6) is 0.940. The predicted octanol–water partition coefficient (Wildman–Crippen LogP) is 2.11. The summed E-state index contributed by atoms with van der Waals surface area (Å²) >= 11 is 1.77. The van der Waals surface area contributed by atoms with E-state index in [1.807, 2.05) is 11.7 Å². The summed E-state index contributed by atoms with van der Waals surface area (Å²) < 4.78 is 0. The Balaban J connectivity index is 1.69. The maximum Gasteiger partial charge on any atom is 0.0794 e. The topological polar surface area (TPSA) is 28.2 Å². The fourth-order valence-corrected chi connectivity index (χ4v) is 3.25. The van der Waals surface area contributed by atoms with Crippen molar-refractivity contribution in [2.75, 3.05) is 13.1 Å². The van der Waals surface area contributed by atoms with E-state index >= 15 is 0 Å². The Bertz CT molecular complexity index is 370. The van der Waals surface area contributed by atoms with Gasteiger partial charge in [0, 0.05) is 42.3 Å². The lowest BCUT2D eigenvalue weighted by atomic mass is 9.95. The van der Waals surface area contributed by atoms with Gasteiger partial charge in [0.1, 0.15) is 0 Å². The number of thiazole rings is 1. The standard InChI is InChI=1S/C13H21N3S/c1-13(2)8-15-12(10-3-4-10)7-16(13)6-11-5-14-9-17-11/h5,9-10,12,15H,3-4,6-8H2,1-2H3. The highest BCUT2D eigenvalue weighted by molar-refractivity contribution is 7.09. The van der Waals surface area contributed by atoms with E-state index in [1.54, 1.807) is 11.3 Å². The second-order valence-electron chi connectivity index (χ2n) is 5.99. The van der Waals surface area contributed by atoms with Crippen LogP contribution in [0.25, 0.3) is 0 Å². The highest BCUT2D eigenvalue weighted by Gasteiger charge is 2.40. The monoisotopic (exact) mass is 251 g/mol. The number of hydrogen-bond donors (Lipinski definition) is 1. The molecule has 1 N–H and O–H groups in total. The molecule has 17 heavy (non-hydrogen) atoms. The van der Waals surface area contributed by atoms with Crippen molar-refractivity contribution in [1.82, 2.24) is 15.2 Å². The van der Waals surface area contributed by atoms with Crippen molar-refractivity contribution in [3.63, 3.8) is 0 Å². The SMILES string of the molecule is CC1(C)CNC(C2CC2)CN1Cc1cncs1. The highest BCUT2D eigenvalue weighted by atomic mass is 32.1. The number of aromatic nitrogens is 1. The van der Waals surface area contributed by atoms with Gasteiger partial charge in [0.15, 0.2) is 0 Å². The molecule has 0 radical (unpaired) electrons. The Kier molecular flexibility index (Phi) is 2.97. The van der Waals surface area contributed by atoms with Crippen LogP contribution in [-0.2, 0) is 6.54 Å². The normalized spacial score (nSPS) is 29.4. The summed E-state index contributed by atoms with van der Waals surface area (Å²) in [4.78, 5) is 8.19. The van der Waals surface area contributed by atoms with E-state index in [0.717, 1.165) is 25.0 Å². The smallest absolute Gasteiger partial charge is 0.0794 e. The van der Waals surface area contributed by atoms with Crippen LogP contribution in [0.1, 0.15) is 31.6 Å². The van der Waals surface area contributed by atoms with E-state index in [4.69, 9.17) is 0 Å². The average Bonchev–Trinajstić information content (AvgIpc) is 3.00. The number of nitrogens with zero attached hydrogens (tertiary/aromatic N) is 2. The second-order valence-corrected chi connectivity index (χ2v) is 6.96.